The number of rotatable bonds is 2. The Balaban J connectivity index is 2.42. The summed E-state index contributed by atoms with van der Waals surface area (Å²) in [7, 11) is 0. The lowest BCUT2D eigenvalue weighted by Crippen LogP contribution is -2.18. The Morgan fingerprint density at radius 1 is 1.50 bits per heavy atom. The molecule has 1 aliphatic rings. The summed E-state index contributed by atoms with van der Waals surface area (Å²) in [4.78, 5) is 0. The molecular formula is C11H20O. The predicted molar refractivity (Wildman–Crippen MR) is 52.0 cm³/mol. The third-order valence-electron chi connectivity index (χ3n) is 2.31. The van der Waals surface area contributed by atoms with E-state index >= 15 is 0 Å². The van der Waals surface area contributed by atoms with E-state index in [1.54, 1.807) is 0 Å². The molecule has 1 atom stereocenters. The van der Waals surface area contributed by atoms with Gasteiger partial charge in [-0.25, -0.2) is 0 Å². The lowest BCUT2D eigenvalue weighted by Gasteiger charge is -2.23. The van der Waals surface area contributed by atoms with E-state index in [0.29, 0.717) is 0 Å². The van der Waals surface area contributed by atoms with Crippen molar-refractivity contribution in [2.24, 2.45) is 5.41 Å². The molecule has 0 aliphatic heterocycles. The highest BCUT2D eigenvalue weighted by atomic mass is 16.3. The first-order chi connectivity index (χ1) is 5.49. The molecule has 0 heterocycles. The summed E-state index contributed by atoms with van der Waals surface area (Å²) in [5.74, 6) is 0. The van der Waals surface area contributed by atoms with Gasteiger partial charge in [0.05, 0.1) is 6.10 Å². The van der Waals surface area contributed by atoms with Gasteiger partial charge in [0.2, 0.25) is 0 Å². The van der Waals surface area contributed by atoms with Crippen molar-refractivity contribution >= 4 is 0 Å². The molecule has 1 unspecified atom stereocenters. The Labute approximate surface area is 75.5 Å². The smallest absolute Gasteiger partial charge is 0.0755 e. The first-order valence-electron chi connectivity index (χ1n) is 4.86. The van der Waals surface area contributed by atoms with Crippen molar-refractivity contribution in [3.8, 4) is 0 Å². The molecule has 1 rings (SSSR count). The fourth-order valence-corrected chi connectivity index (χ4v) is 1.71. The van der Waals surface area contributed by atoms with Crippen molar-refractivity contribution in [3.05, 3.63) is 11.6 Å². The lowest BCUT2D eigenvalue weighted by atomic mass is 9.86. The Hall–Kier alpha value is -0.300. The Morgan fingerprint density at radius 2 is 2.17 bits per heavy atom. The van der Waals surface area contributed by atoms with E-state index in [4.69, 9.17) is 0 Å². The van der Waals surface area contributed by atoms with Crippen LogP contribution in [-0.4, -0.2) is 11.2 Å². The molecule has 1 N–H and O–H groups in total. The summed E-state index contributed by atoms with van der Waals surface area (Å²) in [6, 6.07) is 0. The standard InChI is InChI=1S/C11H20O/c1-11(2,3)8-10(12)9-6-4-5-7-9/h6,10,12H,4-5,7-8H2,1-3H3. The summed E-state index contributed by atoms with van der Waals surface area (Å²) in [6.07, 6.45) is 6.41. The molecule has 0 amide bonds. The molecule has 0 fully saturated rings. The van der Waals surface area contributed by atoms with Crippen LogP contribution < -0.4 is 0 Å². The zero-order valence-electron chi connectivity index (χ0n) is 8.43. The topological polar surface area (TPSA) is 20.2 Å². The maximum atomic E-state index is 9.82. The van der Waals surface area contributed by atoms with E-state index in [9.17, 15) is 5.11 Å². The van der Waals surface area contributed by atoms with Crippen molar-refractivity contribution in [3.63, 3.8) is 0 Å². The summed E-state index contributed by atoms with van der Waals surface area (Å²) in [5.41, 5.74) is 1.51. The quantitative estimate of drug-likeness (QED) is 0.629. The van der Waals surface area contributed by atoms with Crippen LogP contribution in [0.4, 0.5) is 0 Å². The van der Waals surface area contributed by atoms with Crippen molar-refractivity contribution in [1.82, 2.24) is 0 Å². The van der Waals surface area contributed by atoms with Crippen LogP contribution >= 0.6 is 0 Å². The second-order valence-electron chi connectivity index (χ2n) is 4.95. The van der Waals surface area contributed by atoms with E-state index in [1.165, 1.54) is 12.0 Å². The number of hydrogen-bond donors (Lipinski definition) is 1. The molecule has 0 aromatic heterocycles. The van der Waals surface area contributed by atoms with E-state index in [0.717, 1.165) is 19.3 Å². The van der Waals surface area contributed by atoms with Crippen molar-refractivity contribution in [2.45, 2.75) is 52.6 Å². The lowest BCUT2D eigenvalue weighted by molar-refractivity contribution is 0.149. The van der Waals surface area contributed by atoms with Gasteiger partial charge in [-0.15, -0.1) is 0 Å². The van der Waals surface area contributed by atoms with Gasteiger partial charge < -0.3 is 5.11 Å². The molecule has 0 aromatic rings. The van der Waals surface area contributed by atoms with E-state index in [1.807, 2.05) is 0 Å². The first kappa shape index (κ1) is 9.79. The number of aliphatic hydroxyl groups excluding tert-OH is 1. The van der Waals surface area contributed by atoms with Gasteiger partial charge >= 0.3 is 0 Å². The van der Waals surface area contributed by atoms with Crippen LogP contribution in [0.5, 0.6) is 0 Å². The van der Waals surface area contributed by atoms with Gasteiger partial charge in [-0.2, -0.15) is 0 Å². The van der Waals surface area contributed by atoms with E-state index in [-0.39, 0.29) is 11.5 Å². The minimum atomic E-state index is -0.188. The average molecular weight is 168 g/mol. The van der Waals surface area contributed by atoms with Gasteiger partial charge in [-0.3, -0.25) is 0 Å². The maximum Gasteiger partial charge on any atom is 0.0755 e. The van der Waals surface area contributed by atoms with Crippen LogP contribution in [0.1, 0.15) is 46.5 Å². The molecular weight excluding hydrogens is 148 g/mol. The van der Waals surface area contributed by atoms with Gasteiger partial charge in [0, 0.05) is 0 Å². The van der Waals surface area contributed by atoms with Crippen LogP contribution in [0.2, 0.25) is 0 Å². The monoisotopic (exact) mass is 168 g/mol. The molecule has 0 saturated carbocycles. The zero-order valence-corrected chi connectivity index (χ0v) is 8.43. The summed E-state index contributed by atoms with van der Waals surface area (Å²) in [6.45, 7) is 6.52. The fourth-order valence-electron chi connectivity index (χ4n) is 1.71. The molecule has 12 heavy (non-hydrogen) atoms. The first-order valence-corrected chi connectivity index (χ1v) is 4.86. The highest BCUT2D eigenvalue weighted by molar-refractivity contribution is 5.12. The van der Waals surface area contributed by atoms with Crippen LogP contribution in [0, 0.1) is 5.41 Å². The van der Waals surface area contributed by atoms with Gasteiger partial charge in [0.15, 0.2) is 0 Å². The maximum absolute atomic E-state index is 9.82. The third kappa shape index (κ3) is 2.98. The van der Waals surface area contributed by atoms with Crippen LogP contribution in [0.3, 0.4) is 0 Å². The van der Waals surface area contributed by atoms with Crippen LogP contribution in [0.25, 0.3) is 0 Å². The normalized spacial score (nSPS) is 20.8. The van der Waals surface area contributed by atoms with Crippen LogP contribution in [0.15, 0.2) is 11.6 Å². The number of allylic oxidation sites excluding steroid dienone is 1. The zero-order chi connectivity index (χ0) is 9.19. The highest BCUT2D eigenvalue weighted by Gasteiger charge is 2.20. The number of hydrogen-bond acceptors (Lipinski definition) is 1. The Bertz CT molecular complexity index is 174. The van der Waals surface area contributed by atoms with E-state index in [2.05, 4.69) is 26.8 Å². The fraction of sp³-hybridized carbons (Fsp3) is 0.818. The van der Waals surface area contributed by atoms with Gasteiger partial charge in [-0.05, 0) is 36.7 Å². The Kier molecular flexibility index (Phi) is 2.94. The molecule has 1 aliphatic carbocycles. The highest BCUT2D eigenvalue weighted by Crippen LogP contribution is 2.28. The molecule has 0 bridgehead atoms. The second kappa shape index (κ2) is 3.61. The van der Waals surface area contributed by atoms with Crippen molar-refractivity contribution in [2.75, 3.05) is 0 Å². The molecule has 0 spiro atoms. The summed E-state index contributed by atoms with van der Waals surface area (Å²) < 4.78 is 0. The molecule has 0 radical (unpaired) electrons. The minimum Gasteiger partial charge on any atom is -0.389 e. The molecule has 0 aromatic carbocycles. The minimum absolute atomic E-state index is 0.188. The molecule has 1 nitrogen and oxygen atoms in total. The SMILES string of the molecule is CC(C)(C)CC(O)C1=CCCC1. The predicted octanol–water partition coefficient (Wildman–Crippen LogP) is 2.89. The molecule has 70 valence electrons. The summed E-state index contributed by atoms with van der Waals surface area (Å²) >= 11 is 0. The number of aliphatic hydroxyl groups is 1. The molecule has 0 saturated heterocycles. The third-order valence-corrected chi connectivity index (χ3v) is 2.31. The largest absolute Gasteiger partial charge is 0.389 e. The average Bonchev–Trinajstić information content (AvgIpc) is 2.32. The van der Waals surface area contributed by atoms with Gasteiger partial charge in [0.1, 0.15) is 0 Å². The van der Waals surface area contributed by atoms with Gasteiger partial charge in [-0.1, -0.05) is 26.8 Å². The second-order valence-corrected chi connectivity index (χ2v) is 4.95. The Morgan fingerprint density at radius 3 is 2.58 bits per heavy atom. The van der Waals surface area contributed by atoms with E-state index < -0.39 is 0 Å². The molecule has 1 heteroatoms. The van der Waals surface area contributed by atoms with Crippen molar-refractivity contribution < 1.29 is 5.11 Å². The van der Waals surface area contributed by atoms with Crippen molar-refractivity contribution in [1.29, 1.82) is 0 Å². The van der Waals surface area contributed by atoms with Gasteiger partial charge in [0.25, 0.3) is 0 Å². The summed E-state index contributed by atoms with van der Waals surface area (Å²) in [5, 5.41) is 9.82. The van der Waals surface area contributed by atoms with Crippen LogP contribution in [-0.2, 0) is 0 Å².